The fraction of sp³-hybridized carbons (Fsp3) is 0.316. The zero-order chi connectivity index (χ0) is 21.0. The topological polar surface area (TPSA) is 104 Å². The Balaban J connectivity index is 1.81. The Morgan fingerprint density at radius 3 is 2.72 bits per heavy atom. The van der Waals surface area contributed by atoms with Crippen LogP contribution in [0.15, 0.2) is 40.4 Å². The number of aromatic nitrogens is 5. The SMILES string of the molecule is COc1cn(CC(=O)Nc2ccc(C)cc2C)c(CSc2nnnn2C)cc1=O. The van der Waals surface area contributed by atoms with Gasteiger partial charge in [-0.15, -0.1) is 5.10 Å². The number of pyridine rings is 1. The number of carbonyl (C=O) groups excluding carboxylic acids is 1. The minimum absolute atomic E-state index is 0.0386. The van der Waals surface area contributed by atoms with Gasteiger partial charge in [0.15, 0.2) is 5.75 Å². The van der Waals surface area contributed by atoms with E-state index < -0.39 is 0 Å². The number of aryl methyl sites for hydroxylation is 3. The molecule has 2 aromatic heterocycles. The number of rotatable bonds is 7. The van der Waals surface area contributed by atoms with E-state index in [2.05, 4.69) is 20.8 Å². The number of tetrazole rings is 1. The largest absolute Gasteiger partial charge is 0.491 e. The number of amides is 1. The zero-order valence-corrected chi connectivity index (χ0v) is 17.5. The van der Waals surface area contributed by atoms with Gasteiger partial charge in [0.1, 0.15) is 6.54 Å². The first-order valence-corrected chi connectivity index (χ1v) is 9.85. The molecule has 0 fully saturated rings. The van der Waals surface area contributed by atoms with Crippen LogP contribution in [-0.2, 0) is 24.1 Å². The summed E-state index contributed by atoms with van der Waals surface area (Å²) in [6.07, 6.45) is 1.55. The van der Waals surface area contributed by atoms with E-state index in [1.165, 1.54) is 24.9 Å². The Bertz CT molecular complexity index is 1090. The lowest BCUT2D eigenvalue weighted by atomic mass is 10.1. The maximum Gasteiger partial charge on any atom is 0.244 e. The number of hydrogen-bond donors (Lipinski definition) is 1. The number of ether oxygens (including phenoxy) is 1. The molecule has 0 atom stereocenters. The van der Waals surface area contributed by atoms with Gasteiger partial charge in [-0.2, -0.15) is 0 Å². The number of anilines is 1. The summed E-state index contributed by atoms with van der Waals surface area (Å²) in [6, 6.07) is 7.31. The highest BCUT2D eigenvalue weighted by Crippen LogP contribution is 2.20. The second-order valence-corrected chi connectivity index (χ2v) is 7.51. The lowest BCUT2D eigenvalue weighted by Crippen LogP contribution is -2.23. The molecule has 1 amide bonds. The van der Waals surface area contributed by atoms with Crippen molar-refractivity contribution in [3.05, 3.63) is 57.5 Å². The molecule has 29 heavy (non-hydrogen) atoms. The maximum atomic E-state index is 12.6. The molecule has 0 saturated heterocycles. The van der Waals surface area contributed by atoms with Crippen LogP contribution in [0.5, 0.6) is 5.75 Å². The number of thioether (sulfide) groups is 1. The van der Waals surface area contributed by atoms with Crippen molar-refractivity contribution in [2.45, 2.75) is 31.3 Å². The summed E-state index contributed by atoms with van der Waals surface area (Å²) in [7, 11) is 3.16. The van der Waals surface area contributed by atoms with Gasteiger partial charge in [-0.1, -0.05) is 29.5 Å². The van der Waals surface area contributed by atoms with E-state index in [-0.39, 0.29) is 23.6 Å². The summed E-state index contributed by atoms with van der Waals surface area (Å²) in [5, 5.41) is 14.8. The Morgan fingerprint density at radius 2 is 2.07 bits per heavy atom. The molecule has 0 saturated carbocycles. The second-order valence-electron chi connectivity index (χ2n) is 6.57. The molecule has 3 rings (SSSR count). The molecule has 0 spiro atoms. The third-order valence-electron chi connectivity index (χ3n) is 4.30. The van der Waals surface area contributed by atoms with Crippen molar-refractivity contribution in [2.75, 3.05) is 12.4 Å². The van der Waals surface area contributed by atoms with Gasteiger partial charge in [-0.3, -0.25) is 9.59 Å². The van der Waals surface area contributed by atoms with Crippen molar-refractivity contribution in [1.29, 1.82) is 0 Å². The van der Waals surface area contributed by atoms with E-state index in [4.69, 9.17) is 4.74 Å². The van der Waals surface area contributed by atoms with Crippen LogP contribution in [0.4, 0.5) is 5.69 Å². The lowest BCUT2D eigenvalue weighted by Gasteiger charge is -2.15. The van der Waals surface area contributed by atoms with Crippen molar-refractivity contribution >= 4 is 23.4 Å². The van der Waals surface area contributed by atoms with Gasteiger partial charge in [0.05, 0.1) is 13.3 Å². The van der Waals surface area contributed by atoms with Gasteiger partial charge in [0.25, 0.3) is 0 Å². The Hall–Kier alpha value is -3.14. The van der Waals surface area contributed by atoms with Crippen LogP contribution >= 0.6 is 11.8 Å². The van der Waals surface area contributed by atoms with Crippen LogP contribution < -0.4 is 15.5 Å². The lowest BCUT2D eigenvalue weighted by molar-refractivity contribution is -0.116. The summed E-state index contributed by atoms with van der Waals surface area (Å²) in [4.78, 5) is 24.9. The maximum absolute atomic E-state index is 12.6. The average Bonchev–Trinajstić information content (AvgIpc) is 3.08. The normalized spacial score (nSPS) is 10.8. The zero-order valence-electron chi connectivity index (χ0n) is 16.7. The number of methoxy groups -OCH3 is 1. The van der Waals surface area contributed by atoms with E-state index in [1.807, 2.05) is 32.0 Å². The van der Waals surface area contributed by atoms with E-state index in [0.717, 1.165) is 16.8 Å². The quantitative estimate of drug-likeness (QED) is 0.589. The van der Waals surface area contributed by atoms with Gasteiger partial charge >= 0.3 is 0 Å². The van der Waals surface area contributed by atoms with Gasteiger partial charge in [0, 0.05) is 30.2 Å². The van der Waals surface area contributed by atoms with Crippen molar-refractivity contribution in [3.63, 3.8) is 0 Å². The third-order valence-corrected chi connectivity index (χ3v) is 5.35. The number of nitrogens with zero attached hydrogens (tertiary/aromatic N) is 5. The fourth-order valence-corrected chi connectivity index (χ4v) is 3.64. The monoisotopic (exact) mass is 414 g/mol. The predicted octanol–water partition coefficient (Wildman–Crippen LogP) is 1.93. The standard InChI is InChI=1S/C19H22N6O3S/c1-12-5-6-15(13(2)7-12)20-18(27)10-25-9-17(28-4)16(26)8-14(25)11-29-19-21-22-23-24(19)3/h5-9H,10-11H2,1-4H3,(H,20,27). The smallest absolute Gasteiger partial charge is 0.244 e. The van der Waals surface area contributed by atoms with Gasteiger partial charge < -0.3 is 14.6 Å². The van der Waals surface area contributed by atoms with Crippen molar-refractivity contribution < 1.29 is 9.53 Å². The molecule has 0 radical (unpaired) electrons. The molecule has 1 N–H and O–H groups in total. The van der Waals surface area contributed by atoms with Crippen LogP contribution in [0, 0.1) is 13.8 Å². The molecular weight excluding hydrogens is 392 g/mol. The number of nitrogens with one attached hydrogen (secondary N) is 1. The minimum atomic E-state index is -0.245. The first-order chi connectivity index (χ1) is 13.9. The van der Waals surface area contributed by atoms with Crippen molar-refractivity contribution in [2.24, 2.45) is 7.05 Å². The average molecular weight is 414 g/mol. The molecule has 0 bridgehead atoms. The highest BCUT2D eigenvalue weighted by atomic mass is 32.2. The van der Waals surface area contributed by atoms with Gasteiger partial charge in [-0.05, 0) is 35.9 Å². The van der Waals surface area contributed by atoms with Crippen molar-refractivity contribution in [1.82, 2.24) is 24.8 Å². The molecule has 0 unspecified atom stereocenters. The fourth-order valence-electron chi connectivity index (χ4n) is 2.80. The molecular formula is C19H22N6O3S. The van der Waals surface area contributed by atoms with Crippen LogP contribution in [0.25, 0.3) is 0 Å². The van der Waals surface area contributed by atoms with Crippen molar-refractivity contribution in [3.8, 4) is 5.75 Å². The first kappa shape index (κ1) is 20.6. The molecule has 0 aliphatic carbocycles. The summed E-state index contributed by atoms with van der Waals surface area (Å²) in [5.41, 5.74) is 3.30. The van der Waals surface area contributed by atoms with Crippen LogP contribution in [0.2, 0.25) is 0 Å². The summed E-state index contributed by atoms with van der Waals surface area (Å²) < 4.78 is 8.38. The van der Waals surface area contributed by atoms with Gasteiger partial charge in [-0.25, -0.2) is 4.68 Å². The molecule has 2 heterocycles. The second kappa shape index (κ2) is 8.91. The minimum Gasteiger partial charge on any atom is -0.491 e. The summed E-state index contributed by atoms with van der Waals surface area (Å²) >= 11 is 1.37. The predicted molar refractivity (Wildman–Crippen MR) is 110 cm³/mol. The molecule has 0 aliphatic heterocycles. The Morgan fingerprint density at radius 1 is 1.28 bits per heavy atom. The summed E-state index contributed by atoms with van der Waals surface area (Å²) in [6.45, 7) is 3.99. The molecule has 10 heteroatoms. The molecule has 9 nitrogen and oxygen atoms in total. The van der Waals surface area contributed by atoms with E-state index in [0.29, 0.717) is 16.6 Å². The third kappa shape index (κ3) is 5.02. The van der Waals surface area contributed by atoms with Crippen LogP contribution in [0.3, 0.4) is 0 Å². The molecule has 1 aromatic carbocycles. The van der Waals surface area contributed by atoms with E-state index in [9.17, 15) is 9.59 Å². The first-order valence-electron chi connectivity index (χ1n) is 8.87. The molecule has 0 aliphatic rings. The van der Waals surface area contributed by atoms with Crippen LogP contribution in [-0.4, -0.2) is 37.8 Å². The van der Waals surface area contributed by atoms with Crippen LogP contribution in [0.1, 0.15) is 16.8 Å². The van der Waals surface area contributed by atoms with E-state index >= 15 is 0 Å². The van der Waals surface area contributed by atoms with Gasteiger partial charge in [0.2, 0.25) is 16.5 Å². The number of carbonyl (C=O) groups is 1. The number of hydrogen-bond acceptors (Lipinski definition) is 7. The molecule has 152 valence electrons. The van der Waals surface area contributed by atoms with E-state index in [1.54, 1.807) is 22.5 Å². The highest BCUT2D eigenvalue weighted by molar-refractivity contribution is 7.98. The molecule has 3 aromatic rings. The summed E-state index contributed by atoms with van der Waals surface area (Å²) in [5.74, 6) is 0.400. The Labute approximate surface area is 172 Å². The highest BCUT2D eigenvalue weighted by Gasteiger charge is 2.13. The number of benzene rings is 1. The Kier molecular flexibility index (Phi) is 6.32.